The second kappa shape index (κ2) is 17.6. The Morgan fingerprint density at radius 1 is 0.704 bits per heavy atom. The SMILES string of the molecule is CO[C@@]1(c2ccc(C)c(Cc3ccc(-c4ccc(F)cc4)s3)c2)O[C@H](C=O)[C@@H](OCc2ccccc2)C(OCc2ccccc2)C1OCc1ccccc1. The zero-order valence-electron chi connectivity index (χ0n) is 30.3. The lowest BCUT2D eigenvalue weighted by Gasteiger charge is -2.51. The van der Waals surface area contributed by atoms with Crippen molar-refractivity contribution in [1.29, 1.82) is 0 Å². The molecule has 1 aliphatic heterocycles. The van der Waals surface area contributed by atoms with E-state index < -0.39 is 30.2 Å². The van der Waals surface area contributed by atoms with Gasteiger partial charge in [0.2, 0.25) is 5.79 Å². The van der Waals surface area contributed by atoms with Gasteiger partial charge in [0.25, 0.3) is 0 Å². The molecule has 0 N–H and O–H groups in total. The third-order valence-corrected chi connectivity index (χ3v) is 11.0. The number of hydrogen-bond acceptors (Lipinski definition) is 7. The maximum atomic E-state index is 13.6. The van der Waals surface area contributed by atoms with Crippen molar-refractivity contribution in [2.24, 2.45) is 0 Å². The van der Waals surface area contributed by atoms with E-state index in [9.17, 15) is 9.18 Å². The van der Waals surface area contributed by atoms with Crippen molar-refractivity contribution in [1.82, 2.24) is 0 Å². The van der Waals surface area contributed by atoms with Crippen LogP contribution in [0, 0.1) is 12.7 Å². The molecule has 2 heterocycles. The Morgan fingerprint density at radius 2 is 1.28 bits per heavy atom. The first-order valence-corrected chi connectivity index (χ1v) is 18.9. The van der Waals surface area contributed by atoms with Crippen molar-refractivity contribution < 1.29 is 32.9 Å². The summed E-state index contributed by atoms with van der Waals surface area (Å²) in [5.41, 5.74) is 6.70. The predicted octanol–water partition coefficient (Wildman–Crippen LogP) is 9.61. The van der Waals surface area contributed by atoms with Gasteiger partial charge in [-0.2, -0.15) is 0 Å². The molecule has 0 bridgehead atoms. The van der Waals surface area contributed by atoms with Crippen LogP contribution >= 0.6 is 11.3 Å². The Labute approximate surface area is 320 Å². The number of carbonyl (C=O) groups is 1. The summed E-state index contributed by atoms with van der Waals surface area (Å²) < 4.78 is 47.1. The van der Waals surface area contributed by atoms with Crippen LogP contribution in [-0.4, -0.2) is 37.8 Å². The zero-order chi connectivity index (χ0) is 37.3. The standard InChI is InChI=1S/C46H43FO6S/c1-32-18-21-38(26-37(32)27-40-24-25-42(54-40)36-19-22-39(47)23-20-36)46(49-2)45(52-31-35-16-10-5-11-17-35)44(51-30-34-14-8-4-9-15-34)43(41(28-48)53-46)50-29-33-12-6-3-7-13-33/h3-26,28,41,43-45H,27,29-31H2,1-2H3/t41-,43-,44?,45?,46+/m1/s1. The molecule has 6 nitrogen and oxygen atoms in total. The van der Waals surface area contributed by atoms with Crippen LogP contribution in [0.15, 0.2) is 146 Å². The van der Waals surface area contributed by atoms with Gasteiger partial charge < -0.3 is 28.5 Å². The molecule has 8 heteroatoms. The number of hydrogen-bond donors (Lipinski definition) is 0. The number of ether oxygens (including phenoxy) is 5. The molecule has 276 valence electrons. The molecule has 1 aliphatic rings. The van der Waals surface area contributed by atoms with Gasteiger partial charge in [0.05, 0.1) is 19.8 Å². The minimum Gasteiger partial charge on any atom is -0.368 e. The highest BCUT2D eigenvalue weighted by Gasteiger charge is 2.58. The fourth-order valence-corrected chi connectivity index (χ4v) is 7.95. The summed E-state index contributed by atoms with van der Waals surface area (Å²) in [6, 6.07) is 46.4. The van der Waals surface area contributed by atoms with Crippen molar-refractivity contribution in [3.05, 3.63) is 190 Å². The van der Waals surface area contributed by atoms with Crippen LogP contribution in [0.5, 0.6) is 0 Å². The molecule has 0 spiro atoms. The number of rotatable bonds is 15. The van der Waals surface area contributed by atoms with Crippen LogP contribution < -0.4 is 0 Å². The van der Waals surface area contributed by atoms with Crippen LogP contribution in [-0.2, 0) is 60.5 Å². The molecule has 54 heavy (non-hydrogen) atoms. The maximum Gasteiger partial charge on any atom is 0.225 e. The van der Waals surface area contributed by atoms with Gasteiger partial charge in [-0.3, -0.25) is 0 Å². The van der Waals surface area contributed by atoms with Gasteiger partial charge >= 0.3 is 0 Å². The average molecular weight is 743 g/mol. The van der Waals surface area contributed by atoms with Crippen LogP contribution in [0.3, 0.4) is 0 Å². The molecule has 0 saturated carbocycles. The maximum absolute atomic E-state index is 13.6. The molecule has 1 saturated heterocycles. The van der Waals surface area contributed by atoms with Gasteiger partial charge in [-0.15, -0.1) is 11.3 Å². The summed E-state index contributed by atoms with van der Waals surface area (Å²) in [5.74, 6) is -1.81. The molecule has 6 aromatic rings. The second-order valence-electron chi connectivity index (χ2n) is 13.4. The normalized spacial score (nSPS) is 21.2. The van der Waals surface area contributed by atoms with Crippen molar-refractivity contribution in [2.45, 2.75) is 63.4 Å². The highest BCUT2D eigenvalue weighted by molar-refractivity contribution is 7.15. The number of benzene rings is 5. The molecule has 0 radical (unpaired) electrons. The third-order valence-electron chi connectivity index (χ3n) is 9.82. The molecular weight excluding hydrogens is 700 g/mol. The Kier molecular flexibility index (Phi) is 12.2. The fraction of sp³-hybridized carbons (Fsp3) is 0.239. The third kappa shape index (κ3) is 8.61. The Hall–Kier alpha value is -4.80. The monoisotopic (exact) mass is 742 g/mol. The minimum atomic E-state index is -1.55. The van der Waals surface area contributed by atoms with E-state index in [2.05, 4.69) is 25.1 Å². The largest absolute Gasteiger partial charge is 0.368 e. The first kappa shape index (κ1) is 37.5. The van der Waals surface area contributed by atoms with Crippen molar-refractivity contribution in [3.63, 3.8) is 0 Å². The summed E-state index contributed by atoms with van der Waals surface area (Å²) in [6.07, 6.45) is -2.11. The number of aldehydes is 1. The van der Waals surface area contributed by atoms with Gasteiger partial charge in [0, 0.05) is 28.8 Å². The van der Waals surface area contributed by atoms with Crippen molar-refractivity contribution in [3.8, 4) is 10.4 Å². The summed E-state index contributed by atoms with van der Waals surface area (Å²) in [6.45, 7) is 2.81. The lowest BCUT2D eigenvalue weighted by Crippen LogP contribution is -2.65. The van der Waals surface area contributed by atoms with E-state index in [1.54, 1.807) is 30.6 Å². The molecule has 1 aromatic heterocycles. The molecule has 5 aromatic carbocycles. The lowest BCUT2D eigenvalue weighted by molar-refractivity contribution is -0.373. The zero-order valence-corrected chi connectivity index (χ0v) is 31.1. The van der Waals surface area contributed by atoms with E-state index in [0.29, 0.717) is 12.0 Å². The topological polar surface area (TPSA) is 63.2 Å². The number of methoxy groups -OCH3 is 1. The van der Waals surface area contributed by atoms with Crippen LogP contribution in [0.4, 0.5) is 4.39 Å². The van der Waals surface area contributed by atoms with Crippen LogP contribution in [0.25, 0.3) is 10.4 Å². The predicted molar refractivity (Wildman–Crippen MR) is 208 cm³/mol. The van der Waals surface area contributed by atoms with E-state index in [1.807, 2.05) is 103 Å². The molecule has 7 rings (SSSR count). The molecular formula is C46H43FO6S. The van der Waals surface area contributed by atoms with Gasteiger partial charge in [-0.1, -0.05) is 115 Å². The first-order chi connectivity index (χ1) is 26.5. The number of thiophene rings is 1. The fourth-order valence-electron chi connectivity index (χ4n) is 6.91. The smallest absolute Gasteiger partial charge is 0.225 e. The van der Waals surface area contributed by atoms with E-state index in [-0.39, 0.29) is 25.6 Å². The molecule has 5 atom stereocenters. The van der Waals surface area contributed by atoms with Crippen molar-refractivity contribution >= 4 is 17.6 Å². The molecule has 2 unspecified atom stereocenters. The van der Waals surface area contributed by atoms with Gasteiger partial charge in [0.15, 0.2) is 6.29 Å². The van der Waals surface area contributed by atoms with E-state index in [0.717, 1.165) is 49.4 Å². The summed E-state index contributed by atoms with van der Waals surface area (Å²) in [7, 11) is 1.58. The van der Waals surface area contributed by atoms with Gasteiger partial charge in [0.1, 0.15) is 30.2 Å². The minimum absolute atomic E-state index is 0.239. The first-order valence-electron chi connectivity index (χ1n) is 18.1. The van der Waals surface area contributed by atoms with Gasteiger partial charge in [-0.05, 0) is 70.6 Å². The summed E-state index contributed by atoms with van der Waals surface area (Å²) in [5, 5.41) is 0. The summed E-state index contributed by atoms with van der Waals surface area (Å²) in [4.78, 5) is 15.3. The second-order valence-corrected chi connectivity index (χ2v) is 14.6. The average Bonchev–Trinajstić information content (AvgIpc) is 3.69. The van der Waals surface area contributed by atoms with Crippen LogP contribution in [0.2, 0.25) is 0 Å². The number of carbonyl (C=O) groups excluding carboxylic acids is 1. The Bertz CT molecular complexity index is 2090. The quantitative estimate of drug-likeness (QED) is 0.0978. The number of halogens is 1. The van der Waals surface area contributed by atoms with Gasteiger partial charge in [-0.25, -0.2) is 4.39 Å². The highest BCUT2D eigenvalue weighted by Crippen LogP contribution is 2.44. The lowest BCUT2D eigenvalue weighted by atomic mass is 9.86. The van der Waals surface area contributed by atoms with E-state index in [4.69, 9.17) is 23.7 Å². The van der Waals surface area contributed by atoms with E-state index >= 15 is 0 Å². The highest BCUT2D eigenvalue weighted by atomic mass is 32.1. The van der Waals surface area contributed by atoms with Crippen molar-refractivity contribution in [2.75, 3.05) is 7.11 Å². The molecule has 0 amide bonds. The Morgan fingerprint density at radius 3 is 1.85 bits per heavy atom. The number of aryl methyl sites for hydroxylation is 1. The Balaban J connectivity index is 1.27. The molecule has 1 fully saturated rings. The summed E-state index contributed by atoms with van der Waals surface area (Å²) >= 11 is 1.67. The molecule has 0 aliphatic carbocycles. The van der Waals surface area contributed by atoms with Crippen LogP contribution in [0.1, 0.15) is 38.3 Å². The van der Waals surface area contributed by atoms with E-state index in [1.165, 1.54) is 12.1 Å².